The number of amides is 1. The lowest BCUT2D eigenvalue weighted by atomic mass is 9.71. The van der Waals surface area contributed by atoms with E-state index in [4.69, 9.17) is 4.74 Å². The quantitative estimate of drug-likeness (QED) is 0.542. The third-order valence-electron chi connectivity index (χ3n) is 8.14. The highest BCUT2D eigenvalue weighted by molar-refractivity contribution is 6.04. The highest BCUT2D eigenvalue weighted by atomic mass is 16.5. The minimum Gasteiger partial charge on any atom is -0.379 e. The number of carbonyl (C=O) groups is 1. The number of ether oxygens (including phenoxy) is 1. The smallest absolute Gasteiger partial charge is 0.257 e. The fourth-order valence-electron chi connectivity index (χ4n) is 5.66. The van der Waals surface area contributed by atoms with Crippen LogP contribution >= 0.6 is 0 Å². The Bertz CT molecular complexity index is 1280. The van der Waals surface area contributed by atoms with E-state index in [2.05, 4.69) is 32.3 Å². The van der Waals surface area contributed by atoms with Gasteiger partial charge in [0.1, 0.15) is 5.82 Å². The van der Waals surface area contributed by atoms with Gasteiger partial charge in [0.15, 0.2) is 0 Å². The van der Waals surface area contributed by atoms with Crippen LogP contribution in [0.3, 0.4) is 0 Å². The molecule has 2 saturated carbocycles. The number of carbonyl (C=O) groups excluding carboxylic acids is 1. The number of nitrogens with one attached hydrogen (secondary N) is 1. The largest absolute Gasteiger partial charge is 0.379 e. The van der Waals surface area contributed by atoms with Gasteiger partial charge in [-0.15, -0.1) is 0 Å². The summed E-state index contributed by atoms with van der Waals surface area (Å²) < 4.78 is 7.34. The molecule has 2 aliphatic carbocycles. The Hall–Kier alpha value is -3.54. The van der Waals surface area contributed by atoms with Crippen LogP contribution in [0, 0.1) is 11.3 Å². The van der Waals surface area contributed by atoms with E-state index in [1.807, 2.05) is 35.2 Å². The minimum absolute atomic E-state index is 0.205. The van der Waals surface area contributed by atoms with Crippen LogP contribution in [0.4, 0.5) is 5.69 Å². The molecule has 0 atom stereocenters. The van der Waals surface area contributed by atoms with Crippen molar-refractivity contribution in [2.24, 2.45) is 0 Å². The molecule has 4 heterocycles. The average molecular weight is 497 g/mol. The molecule has 1 amide bonds. The molecule has 3 aliphatic rings. The molecular weight excluding hydrogens is 464 g/mol. The van der Waals surface area contributed by atoms with Crippen LogP contribution in [-0.2, 0) is 10.2 Å². The fraction of sp³-hybridized carbons (Fsp3) is 0.448. The second kappa shape index (κ2) is 10.1. The number of morpholine rings is 1. The van der Waals surface area contributed by atoms with Gasteiger partial charge in [-0.2, -0.15) is 5.26 Å². The molecule has 1 aliphatic heterocycles. The first-order valence-electron chi connectivity index (χ1n) is 13.3. The third kappa shape index (κ3) is 5.02. The Labute approximate surface area is 217 Å². The van der Waals surface area contributed by atoms with Gasteiger partial charge in [0.25, 0.3) is 5.91 Å². The van der Waals surface area contributed by atoms with E-state index in [0.29, 0.717) is 23.2 Å². The van der Waals surface area contributed by atoms with Gasteiger partial charge in [-0.3, -0.25) is 14.7 Å². The lowest BCUT2D eigenvalue weighted by molar-refractivity contribution is 0.00493. The summed E-state index contributed by atoms with van der Waals surface area (Å²) in [7, 11) is 0. The standard InChI is InChI=1S/C29H32N6O2/c30-20-29(10-7-25(8-11-29)34-13-15-37-16-14-34)26-5-4-24(18-31-26)33-28(36)23-9-12-35(19-23)27-6-3-22(17-32-27)21-1-2-21/h3-6,9,12,17-19,21,25H,1-2,7-8,10-11,13-16H2,(H,33,36)/t25-,29-. The van der Waals surface area contributed by atoms with Gasteiger partial charge in [-0.1, -0.05) is 6.07 Å². The molecule has 1 N–H and O–H groups in total. The van der Waals surface area contributed by atoms with Crippen LogP contribution in [0.5, 0.6) is 0 Å². The van der Waals surface area contributed by atoms with E-state index in [0.717, 1.165) is 63.5 Å². The van der Waals surface area contributed by atoms with Gasteiger partial charge in [0.05, 0.1) is 47.8 Å². The summed E-state index contributed by atoms with van der Waals surface area (Å²) in [6.07, 6.45) is 13.3. The first-order valence-corrected chi connectivity index (χ1v) is 13.3. The molecule has 0 bridgehead atoms. The Morgan fingerprint density at radius 3 is 2.49 bits per heavy atom. The van der Waals surface area contributed by atoms with Crippen LogP contribution < -0.4 is 5.32 Å². The van der Waals surface area contributed by atoms with E-state index in [9.17, 15) is 10.1 Å². The Morgan fingerprint density at radius 1 is 1.03 bits per heavy atom. The molecule has 1 saturated heterocycles. The molecular formula is C29H32N6O2. The summed E-state index contributed by atoms with van der Waals surface area (Å²) in [6, 6.07) is 12.7. The predicted octanol–water partition coefficient (Wildman–Crippen LogP) is 4.43. The maximum atomic E-state index is 12.9. The van der Waals surface area contributed by atoms with Crippen LogP contribution in [0.15, 0.2) is 55.1 Å². The normalized spacial score (nSPS) is 24.4. The van der Waals surface area contributed by atoms with Crippen molar-refractivity contribution in [3.05, 3.63) is 71.9 Å². The number of nitriles is 1. The summed E-state index contributed by atoms with van der Waals surface area (Å²) >= 11 is 0. The van der Waals surface area contributed by atoms with Crippen molar-refractivity contribution in [3.8, 4) is 11.9 Å². The molecule has 0 radical (unpaired) electrons. The van der Waals surface area contributed by atoms with Crippen LogP contribution in [0.1, 0.15) is 66.1 Å². The summed E-state index contributed by atoms with van der Waals surface area (Å²) in [5.74, 6) is 1.25. The Kier molecular flexibility index (Phi) is 6.49. The Morgan fingerprint density at radius 2 is 1.84 bits per heavy atom. The van der Waals surface area contributed by atoms with Crippen molar-refractivity contribution in [2.75, 3.05) is 31.6 Å². The van der Waals surface area contributed by atoms with E-state index in [1.165, 1.54) is 18.4 Å². The van der Waals surface area contributed by atoms with Crippen molar-refractivity contribution in [3.63, 3.8) is 0 Å². The third-order valence-corrected chi connectivity index (χ3v) is 8.14. The zero-order valence-electron chi connectivity index (χ0n) is 21.0. The van der Waals surface area contributed by atoms with Crippen molar-refractivity contribution in [2.45, 2.75) is 55.9 Å². The van der Waals surface area contributed by atoms with Gasteiger partial charge in [-0.05, 0) is 74.3 Å². The number of nitrogens with zero attached hydrogens (tertiary/aromatic N) is 5. The number of hydrogen-bond donors (Lipinski definition) is 1. The molecule has 0 aromatic carbocycles. The molecule has 3 aromatic heterocycles. The van der Waals surface area contributed by atoms with Crippen molar-refractivity contribution < 1.29 is 9.53 Å². The van der Waals surface area contributed by atoms with Crippen LogP contribution in [0.25, 0.3) is 5.82 Å². The lowest BCUT2D eigenvalue weighted by Gasteiger charge is -2.41. The Balaban J connectivity index is 1.08. The minimum atomic E-state index is -0.565. The molecule has 3 fully saturated rings. The summed E-state index contributed by atoms with van der Waals surface area (Å²) in [6.45, 7) is 3.54. The molecule has 6 rings (SSSR count). The molecule has 0 unspecified atom stereocenters. The predicted molar refractivity (Wildman–Crippen MR) is 140 cm³/mol. The highest BCUT2D eigenvalue weighted by Crippen LogP contribution is 2.40. The van der Waals surface area contributed by atoms with Gasteiger partial charge >= 0.3 is 0 Å². The number of anilines is 1. The average Bonchev–Trinajstić information content (AvgIpc) is 3.70. The van der Waals surface area contributed by atoms with E-state index in [-0.39, 0.29) is 5.91 Å². The summed E-state index contributed by atoms with van der Waals surface area (Å²) in [5.41, 5.74) is 2.67. The lowest BCUT2D eigenvalue weighted by Crippen LogP contribution is -2.47. The van der Waals surface area contributed by atoms with Crippen LogP contribution in [-0.4, -0.2) is 57.7 Å². The van der Waals surface area contributed by atoms with Crippen LogP contribution in [0.2, 0.25) is 0 Å². The molecule has 8 heteroatoms. The first-order chi connectivity index (χ1) is 18.1. The molecule has 8 nitrogen and oxygen atoms in total. The van der Waals surface area contributed by atoms with E-state index in [1.54, 1.807) is 18.5 Å². The number of pyridine rings is 2. The zero-order chi connectivity index (χ0) is 25.2. The number of aromatic nitrogens is 3. The van der Waals surface area contributed by atoms with Crippen molar-refractivity contribution >= 4 is 11.6 Å². The fourth-order valence-corrected chi connectivity index (χ4v) is 5.66. The summed E-state index contributed by atoms with van der Waals surface area (Å²) in [4.78, 5) is 24.5. The summed E-state index contributed by atoms with van der Waals surface area (Å²) in [5, 5.41) is 13.0. The molecule has 190 valence electrons. The highest BCUT2D eigenvalue weighted by Gasteiger charge is 2.40. The maximum absolute atomic E-state index is 12.9. The monoisotopic (exact) mass is 496 g/mol. The SMILES string of the molecule is N#C[C@]1(c2ccc(NC(=O)c3ccn(-c4ccc(C5CC5)cn4)c3)cn2)CC[C@H](N2CCOCC2)CC1. The zero-order valence-corrected chi connectivity index (χ0v) is 21.0. The maximum Gasteiger partial charge on any atom is 0.257 e. The number of hydrogen-bond acceptors (Lipinski definition) is 6. The van der Waals surface area contributed by atoms with Gasteiger partial charge < -0.3 is 14.6 Å². The number of rotatable bonds is 6. The molecule has 3 aromatic rings. The van der Waals surface area contributed by atoms with Gasteiger partial charge in [-0.25, -0.2) is 4.98 Å². The van der Waals surface area contributed by atoms with E-state index < -0.39 is 5.41 Å². The van der Waals surface area contributed by atoms with Crippen molar-refractivity contribution in [1.29, 1.82) is 5.26 Å². The topological polar surface area (TPSA) is 96.1 Å². The van der Waals surface area contributed by atoms with Gasteiger partial charge in [0, 0.05) is 37.7 Å². The van der Waals surface area contributed by atoms with Gasteiger partial charge in [0.2, 0.25) is 0 Å². The van der Waals surface area contributed by atoms with E-state index >= 15 is 0 Å². The molecule has 37 heavy (non-hydrogen) atoms. The van der Waals surface area contributed by atoms with Crippen molar-refractivity contribution in [1.82, 2.24) is 19.4 Å². The second-order valence-corrected chi connectivity index (χ2v) is 10.5. The first kappa shape index (κ1) is 23.8. The second-order valence-electron chi connectivity index (χ2n) is 10.5. The molecule has 0 spiro atoms.